The standard InChI is InChI=1S/C5H10.CH4OS/c1-2-4-5-3-1;1-3-2/h1-5H2;2H,1H3. The van der Waals surface area contributed by atoms with E-state index >= 15 is 0 Å². The number of rotatable bonds is 0. The van der Waals surface area contributed by atoms with Crippen LogP contribution < -0.4 is 0 Å². The van der Waals surface area contributed by atoms with Gasteiger partial charge in [0.05, 0.1) is 0 Å². The highest BCUT2D eigenvalue weighted by Crippen LogP contribution is 2.15. The molecule has 0 atom stereocenters. The van der Waals surface area contributed by atoms with Crippen molar-refractivity contribution in [3.63, 3.8) is 0 Å². The van der Waals surface area contributed by atoms with E-state index in [-0.39, 0.29) is 0 Å². The first-order valence-electron chi connectivity index (χ1n) is 3.09. The van der Waals surface area contributed by atoms with Gasteiger partial charge >= 0.3 is 0 Å². The second-order valence-corrected chi connectivity index (χ2v) is 2.32. The van der Waals surface area contributed by atoms with Crippen LogP contribution >= 0.6 is 12.0 Å². The molecule has 0 aromatic heterocycles. The zero-order chi connectivity index (χ0) is 6.24. The Morgan fingerprint density at radius 2 is 1.12 bits per heavy atom. The first kappa shape index (κ1) is 8.31. The SMILES string of the molecule is C1CCCC1.CSO. The van der Waals surface area contributed by atoms with Crippen LogP contribution in [0.25, 0.3) is 0 Å². The van der Waals surface area contributed by atoms with Crippen LogP contribution in [0.2, 0.25) is 0 Å². The topological polar surface area (TPSA) is 20.2 Å². The molecule has 1 fully saturated rings. The van der Waals surface area contributed by atoms with Gasteiger partial charge in [-0.05, 0) is 12.0 Å². The second-order valence-electron chi connectivity index (χ2n) is 1.95. The molecule has 0 spiro atoms. The highest BCUT2D eigenvalue weighted by Gasteiger charge is 1.95. The molecule has 0 heterocycles. The van der Waals surface area contributed by atoms with Crippen molar-refractivity contribution in [3.05, 3.63) is 0 Å². The summed E-state index contributed by atoms with van der Waals surface area (Å²) in [5.41, 5.74) is 0. The van der Waals surface area contributed by atoms with Gasteiger partial charge < -0.3 is 4.55 Å². The smallest absolute Gasteiger partial charge is 0.00795 e. The van der Waals surface area contributed by atoms with E-state index in [0.29, 0.717) is 0 Å². The minimum atomic E-state index is 0.750. The molecule has 50 valence electrons. The molecule has 0 radical (unpaired) electrons. The minimum Gasteiger partial charge on any atom is -0.330 e. The quantitative estimate of drug-likeness (QED) is 0.514. The van der Waals surface area contributed by atoms with E-state index in [4.69, 9.17) is 4.55 Å². The van der Waals surface area contributed by atoms with Crippen LogP contribution in [0.5, 0.6) is 0 Å². The lowest BCUT2D eigenvalue weighted by molar-refractivity contribution is 0.669. The first-order valence-corrected chi connectivity index (χ1v) is 4.27. The number of hydrogen-bond acceptors (Lipinski definition) is 2. The van der Waals surface area contributed by atoms with E-state index in [1.807, 2.05) is 0 Å². The van der Waals surface area contributed by atoms with Crippen molar-refractivity contribution in [2.75, 3.05) is 6.26 Å². The Balaban J connectivity index is 0.000000145. The maximum Gasteiger partial charge on any atom is 0.00795 e. The molecule has 2 heteroatoms. The third-order valence-corrected chi connectivity index (χ3v) is 1.25. The van der Waals surface area contributed by atoms with Crippen molar-refractivity contribution in [2.45, 2.75) is 32.1 Å². The molecule has 8 heavy (non-hydrogen) atoms. The van der Waals surface area contributed by atoms with E-state index < -0.39 is 0 Å². The summed E-state index contributed by atoms with van der Waals surface area (Å²) in [6.07, 6.45) is 9.10. The zero-order valence-electron chi connectivity index (χ0n) is 5.39. The maximum absolute atomic E-state index is 7.49. The molecule has 0 saturated heterocycles. The Bertz CT molecular complexity index is 27.9. The van der Waals surface area contributed by atoms with E-state index in [1.165, 1.54) is 32.1 Å². The van der Waals surface area contributed by atoms with Crippen LogP contribution in [0.3, 0.4) is 0 Å². The Kier molecular flexibility index (Phi) is 7.59. The van der Waals surface area contributed by atoms with E-state index in [9.17, 15) is 0 Å². The van der Waals surface area contributed by atoms with Gasteiger partial charge in [0, 0.05) is 6.26 Å². The molecule has 1 aliphatic carbocycles. The fourth-order valence-electron chi connectivity index (χ4n) is 0.884. The fraction of sp³-hybridized carbons (Fsp3) is 1.00. The van der Waals surface area contributed by atoms with Gasteiger partial charge in [-0.1, -0.05) is 32.1 Å². The van der Waals surface area contributed by atoms with Gasteiger partial charge in [0.1, 0.15) is 0 Å². The predicted molar refractivity (Wildman–Crippen MR) is 39.2 cm³/mol. The third kappa shape index (κ3) is 6.31. The first-order chi connectivity index (χ1) is 3.91. The van der Waals surface area contributed by atoms with Crippen LogP contribution in [-0.4, -0.2) is 10.8 Å². The van der Waals surface area contributed by atoms with Crippen molar-refractivity contribution in [1.82, 2.24) is 0 Å². The molecule has 0 aromatic carbocycles. The summed E-state index contributed by atoms with van der Waals surface area (Å²) in [5, 5.41) is 0. The molecule has 1 aliphatic rings. The Morgan fingerprint density at radius 3 is 1.25 bits per heavy atom. The van der Waals surface area contributed by atoms with Crippen molar-refractivity contribution >= 4 is 12.0 Å². The van der Waals surface area contributed by atoms with Crippen molar-refractivity contribution in [3.8, 4) is 0 Å². The lowest BCUT2D eigenvalue weighted by atomic mass is 10.4. The molecule has 0 unspecified atom stereocenters. The van der Waals surface area contributed by atoms with Crippen molar-refractivity contribution in [1.29, 1.82) is 0 Å². The number of hydrogen-bond donors (Lipinski definition) is 1. The Morgan fingerprint density at radius 1 is 1.00 bits per heavy atom. The molecule has 0 bridgehead atoms. The highest BCUT2D eigenvalue weighted by molar-refractivity contribution is 7.93. The lowest BCUT2D eigenvalue weighted by Gasteiger charge is -1.67. The summed E-state index contributed by atoms with van der Waals surface area (Å²) in [6.45, 7) is 0. The fourth-order valence-corrected chi connectivity index (χ4v) is 0.884. The van der Waals surface area contributed by atoms with Gasteiger partial charge in [0.2, 0.25) is 0 Å². The minimum absolute atomic E-state index is 0.750. The monoisotopic (exact) mass is 134 g/mol. The summed E-state index contributed by atoms with van der Waals surface area (Å²) in [5.74, 6) is 0. The van der Waals surface area contributed by atoms with E-state index in [1.54, 1.807) is 6.26 Å². The molecule has 0 aromatic rings. The molecule has 0 aliphatic heterocycles. The van der Waals surface area contributed by atoms with Crippen molar-refractivity contribution in [2.24, 2.45) is 0 Å². The zero-order valence-corrected chi connectivity index (χ0v) is 6.21. The average Bonchev–Trinajstić information content (AvgIpc) is 2.17. The molecule has 1 rings (SSSR count). The molecular formula is C6H14OS. The van der Waals surface area contributed by atoms with Crippen LogP contribution in [0.4, 0.5) is 0 Å². The second kappa shape index (κ2) is 7.31. The summed E-state index contributed by atoms with van der Waals surface area (Å²) >= 11 is 0.750. The van der Waals surface area contributed by atoms with Gasteiger partial charge in [-0.25, -0.2) is 0 Å². The van der Waals surface area contributed by atoms with E-state index in [0.717, 1.165) is 12.0 Å². The Hall–Kier alpha value is 0.310. The molecule has 0 amide bonds. The third-order valence-electron chi connectivity index (χ3n) is 1.25. The van der Waals surface area contributed by atoms with Crippen LogP contribution in [0.15, 0.2) is 0 Å². The van der Waals surface area contributed by atoms with Crippen LogP contribution in [0.1, 0.15) is 32.1 Å². The largest absolute Gasteiger partial charge is 0.330 e. The van der Waals surface area contributed by atoms with Crippen LogP contribution in [-0.2, 0) is 0 Å². The molecular weight excluding hydrogens is 120 g/mol. The van der Waals surface area contributed by atoms with Gasteiger partial charge in [-0.15, -0.1) is 0 Å². The predicted octanol–water partition coefficient (Wildman–Crippen LogP) is 2.77. The lowest BCUT2D eigenvalue weighted by Crippen LogP contribution is -1.47. The Labute approximate surface area is 55.7 Å². The normalized spacial score (nSPS) is 17.2. The molecule has 1 N–H and O–H groups in total. The summed E-state index contributed by atoms with van der Waals surface area (Å²) < 4.78 is 7.49. The van der Waals surface area contributed by atoms with Crippen molar-refractivity contribution < 1.29 is 4.55 Å². The highest BCUT2D eigenvalue weighted by atomic mass is 32.2. The summed E-state index contributed by atoms with van der Waals surface area (Å²) in [7, 11) is 0. The average molecular weight is 134 g/mol. The maximum atomic E-state index is 7.49. The van der Waals surface area contributed by atoms with Gasteiger partial charge in [-0.3, -0.25) is 0 Å². The van der Waals surface area contributed by atoms with Crippen LogP contribution in [0, 0.1) is 0 Å². The summed E-state index contributed by atoms with van der Waals surface area (Å²) in [6, 6.07) is 0. The van der Waals surface area contributed by atoms with E-state index in [2.05, 4.69) is 0 Å². The van der Waals surface area contributed by atoms with Gasteiger partial charge in [0.15, 0.2) is 0 Å². The summed E-state index contributed by atoms with van der Waals surface area (Å²) in [4.78, 5) is 0. The molecule has 1 saturated carbocycles. The molecule has 1 nitrogen and oxygen atoms in total. The van der Waals surface area contributed by atoms with Gasteiger partial charge in [-0.2, -0.15) is 0 Å². The van der Waals surface area contributed by atoms with Gasteiger partial charge in [0.25, 0.3) is 0 Å².